The predicted octanol–water partition coefficient (Wildman–Crippen LogP) is 3.53. The van der Waals surface area contributed by atoms with Crippen LogP contribution in [0.15, 0.2) is 53.7 Å². The van der Waals surface area contributed by atoms with E-state index in [1.165, 1.54) is 21.3 Å². The van der Waals surface area contributed by atoms with E-state index in [9.17, 15) is 9.18 Å². The Morgan fingerprint density at radius 2 is 2.10 bits per heavy atom. The highest BCUT2D eigenvalue weighted by Crippen LogP contribution is 2.36. The number of fused-ring (bicyclic) bond motifs is 3. The number of aromatic amines is 1. The first-order valence-electron chi connectivity index (χ1n) is 9.31. The molecule has 0 unspecified atom stereocenters. The standard InChI is InChI=1S/C22H15FN6O2.H2/c1-28-19-11-25-17-7-20(31-2)14(13-9-26-27-10-13)6-15(17)21(19)29(22(28)30)18-4-3-12(8-24)5-16(18)23;/h3-7,9-11H,1-2H3,(H,26,27);1H. The lowest BCUT2D eigenvalue weighted by atomic mass is 10.0. The van der Waals surface area contributed by atoms with Crippen LogP contribution >= 0.6 is 0 Å². The van der Waals surface area contributed by atoms with Crippen molar-refractivity contribution in [1.29, 1.82) is 5.26 Å². The molecule has 0 aliphatic carbocycles. The third-order valence-corrected chi connectivity index (χ3v) is 5.33. The molecule has 0 aliphatic heterocycles. The molecule has 1 N–H and O–H groups in total. The average Bonchev–Trinajstić information content (AvgIpc) is 3.40. The molecule has 31 heavy (non-hydrogen) atoms. The summed E-state index contributed by atoms with van der Waals surface area (Å²) in [7, 11) is 3.17. The molecule has 0 spiro atoms. The lowest BCUT2D eigenvalue weighted by molar-refractivity contribution is 0.417. The van der Waals surface area contributed by atoms with Crippen molar-refractivity contribution in [2.45, 2.75) is 0 Å². The highest BCUT2D eigenvalue weighted by Gasteiger charge is 2.20. The molecule has 9 heteroatoms. The minimum absolute atomic E-state index is 0. The monoisotopic (exact) mass is 416 g/mol. The quantitative estimate of drug-likeness (QED) is 0.485. The second-order valence-electron chi connectivity index (χ2n) is 7.00. The Labute approximate surface area is 176 Å². The number of methoxy groups -OCH3 is 1. The number of nitriles is 1. The number of aromatic nitrogens is 5. The van der Waals surface area contributed by atoms with Gasteiger partial charge >= 0.3 is 5.69 Å². The highest BCUT2D eigenvalue weighted by atomic mass is 19.1. The number of nitrogens with zero attached hydrogens (tertiary/aromatic N) is 5. The SMILES string of the molecule is COc1cc2ncc3c(c2cc1-c1cn[nH]c1)n(-c1ccc(C#N)cc1F)c(=O)n3C.[HH]. The van der Waals surface area contributed by atoms with Gasteiger partial charge in [-0.25, -0.2) is 9.18 Å². The van der Waals surface area contributed by atoms with E-state index in [1.807, 2.05) is 12.1 Å². The van der Waals surface area contributed by atoms with Gasteiger partial charge in [-0.05, 0) is 24.3 Å². The highest BCUT2D eigenvalue weighted by molar-refractivity contribution is 6.05. The fraction of sp³-hybridized carbons (Fsp3) is 0.0909. The molecular formula is C22H17FN6O2. The van der Waals surface area contributed by atoms with E-state index in [0.29, 0.717) is 27.7 Å². The number of nitrogens with one attached hydrogen (secondary N) is 1. The molecule has 0 radical (unpaired) electrons. The Morgan fingerprint density at radius 3 is 2.77 bits per heavy atom. The summed E-state index contributed by atoms with van der Waals surface area (Å²) >= 11 is 0. The maximum atomic E-state index is 14.9. The normalized spacial score (nSPS) is 11.2. The first kappa shape index (κ1) is 18.6. The van der Waals surface area contributed by atoms with E-state index in [2.05, 4.69) is 15.2 Å². The number of imidazole rings is 1. The van der Waals surface area contributed by atoms with Crippen molar-refractivity contribution in [1.82, 2.24) is 24.3 Å². The third kappa shape index (κ3) is 2.69. The van der Waals surface area contributed by atoms with Gasteiger partial charge in [-0.2, -0.15) is 10.4 Å². The van der Waals surface area contributed by atoms with Gasteiger partial charge in [-0.1, -0.05) is 0 Å². The third-order valence-electron chi connectivity index (χ3n) is 5.33. The maximum Gasteiger partial charge on any atom is 0.333 e. The smallest absolute Gasteiger partial charge is 0.333 e. The van der Waals surface area contributed by atoms with Gasteiger partial charge in [0.15, 0.2) is 0 Å². The van der Waals surface area contributed by atoms with Crippen LogP contribution in [0, 0.1) is 17.1 Å². The van der Waals surface area contributed by atoms with E-state index in [4.69, 9.17) is 10.00 Å². The van der Waals surface area contributed by atoms with E-state index < -0.39 is 11.5 Å². The van der Waals surface area contributed by atoms with Gasteiger partial charge in [0.05, 0.1) is 53.4 Å². The average molecular weight is 416 g/mol. The number of H-pyrrole nitrogens is 1. The Hall–Kier alpha value is -4.45. The lowest BCUT2D eigenvalue weighted by Crippen LogP contribution is -2.21. The van der Waals surface area contributed by atoms with Crippen LogP contribution in [0.5, 0.6) is 5.75 Å². The zero-order valence-corrected chi connectivity index (χ0v) is 16.5. The Morgan fingerprint density at radius 1 is 1.26 bits per heavy atom. The van der Waals surface area contributed by atoms with Crippen LogP contribution in [-0.2, 0) is 7.05 Å². The van der Waals surface area contributed by atoms with Gasteiger partial charge in [-0.15, -0.1) is 0 Å². The Bertz CT molecular complexity index is 1580. The topological polar surface area (TPSA) is 102 Å². The summed E-state index contributed by atoms with van der Waals surface area (Å²) in [4.78, 5) is 17.6. The van der Waals surface area contributed by atoms with E-state index in [0.717, 1.165) is 17.2 Å². The van der Waals surface area contributed by atoms with Gasteiger partial charge < -0.3 is 4.74 Å². The largest absolute Gasteiger partial charge is 0.496 e. The summed E-state index contributed by atoms with van der Waals surface area (Å²) in [5.41, 5.74) is 3.00. The number of halogens is 1. The number of hydrogen-bond acceptors (Lipinski definition) is 5. The summed E-state index contributed by atoms with van der Waals surface area (Å²) in [5, 5.41) is 16.5. The zero-order chi connectivity index (χ0) is 21.7. The number of aryl methyl sites for hydroxylation is 1. The van der Waals surface area contributed by atoms with Crippen LogP contribution in [0.3, 0.4) is 0 Å². The van der Waals surface area contributed by atoms with Gasteiger partial charge in [0.1, 0.15) is 11.6 Å². The molecule has 0 saturated heterocycles. The molecule has 0 atom stereocenters. The van der Waals surface area contributed by atoms with Crippen molar-refractivity contribution in [3.63, 3.8) is 0 Å². The van der Waals surface area contributed by atoms with Crippen LogP contribution in [0.4, 0.5) is 4.39 Å². The van der Waals surface area contributed by atoms with Crippen molar-refractivity contribution in [2.24, 2.45) is 7.05 Å². The molecule has 3 heterocycles. The molecule has 2 aromatic carbocycles. The van der Waals surface area contributed by atoms with Crippen LogP contribution in [0.1, 0.15) is 6.99 Å². The molecule has 154 valence electrons. The number of benzene rings is 2. The second-order valence-corrected chi connectivity index (χ2v) is 7.00. The molecule has 0 aliphatic rings. The summed E-state index contributed by atoms with van der Waals surface area (Å²) in [6.07, 6.45) is 4.97. The Balaban J connectivity index is 0.00000245. The molecule has 0 saturated carbocycles. The summed E-state index contributed by atoms with van der Waals surface area (Å²) in [6, 6.07) is 9.55. The number of hydrogen-bond donors (Lipinski definition) is 1. The maximum absolute atomic E-state index is 14.9. The number of pyridine rings is 1. The van der Waals surface area contributed by atoms with Gasteiger partial charge in [-0.3, -0.25) is 19.2 Å². The van der Waals surface area contributed by atoms with Crippen LogP contribution < -0.4 is 10.4 Å². The fourth-order valence-corrected chi connectivity index (χ4v) is 3.80. The number of ether oxygens (including phenoxy) is 1. The first-order chi connectivity index (χ1) is 15.0. The van der Waals surface area contributed by atoms with Crippen molar-refractivity contribution in [3.8, 4) is 28.6 Å². The van der Waals surface area contributed by atoms with Crippen LogP contribution in [0.25, 0.3) is 38.8 Å². The lowest BCUT2D eigenvalue weighted by Gasteiger charge is -2.11. The van der Waals surface area contributed by atoms with Crippen LogP contribution in [0.2, 0.25) is 0 Å². The predicted molar refractivity (Wildman–Crippen MR) is 115 cm³/mol. The minimum Gasteiger partial charge on any atom is -0.496 e. The fourth-order valence-electron chi connectivity index (χ4n) is 3.80. The molecule has 3 aromatic heterocycles. The summed E-state index contributed by atoms with van der Waals surface area (Å²) in [6.45, 7) is 0. The van der Waals surface area contributed by atoms with Gasteiger partial charge in [0, 0.05) is 37.3 Å². The van der Waals surface area contributed by atoms with Crippen molar-refractivity contribution in [2.75, 3.05) is 7.11 Å². The Kier molecular flexibility index (Phi) is 4.08. The summed E-state index contributed by atoms with van der Waals surface area (Å²) in [5.74, 6) is -0.0719. The van der Waals surface area contributed by atoms with Crippen molar-refractivity contribution in [3.05, 3.63) is 70.8 Å². The molecule has 8 nitrogen and oxygen atoms in total. The molecular weight excluding hydrogens is 399 g/mol. The second kappa shape index (κ2) is 6.81. The molecule has 0 amide bonds. The van der Waals surface area contributed by atoms with Gasteiger partial charge in [0.25, 0.3) is 0 Å². The van der Waals surface area contributed by atoms with Crippen molar-refractivity contribution < 1.29 is 10.6 Å². The molecule has 5 aromatic rings. The molecule has 0 bridgehead atoms. The zero-order valence-electron chi connectivity index (χ0n) is 16.5. The summed E-state index contributed by atoms with van der Waals surface area (Å²) < 4.78 is 23.1. The van der Waals surface area contributed by atoms with Crippen molar-refractivity contribution >= 4 is 21.9 Å². The molecule has 5 rings (SSSR count). The number of rotatable bonds is 3. The van der Waals surface area contributed by atoms with Crippen LogP contribution in [-0.4, -0.2) is 31.4 Å². The minimum atomic E-state index is -0.665. The van der Waals surface area contributed by atoms with E-state index >= 15 is 0 Å². The van der Waals surface area contributed by atoms with Gasteiger partial charge in [0.2, 0.25) is 0 Å². The molecule has 0 fully saturated rings. The van der Waals surface area contributed by atoms with E-state index in [-0.39, 0.29) is 12.7 Å². The van der Waals surface area contributed by atoms with E-state index in [1.54, 1.807) is 38.8 Å². The first-order valence-corrected chi connectivity index (χ1v) is 9.31.